The monoisotopic (exact) mass is 572 g/mol. The van der Waals surface area contributed by atoms with E-state index in [1.54, 1.807) is 18.5 Å². The first-order valence-electron chi connectivity index (χ1n) is 12.9. The highest BCUT2D eigenvalue weighted by Crippen LogP contribution is 2.36. The summed E-state index contributed by atoms with van der Waals surface area (Å²) >= 11 is 0. The first-order chi connectivity index (χ1) is 19.6. The van der Waals surface area contributed by atoms with Gasteiger partial charge in [-0.15, -0.1) is 0 Å². The number of alkyl halides is 6. The molecule has 5 nitrogen and oxygen atoms in total. The smallest absolute Gasteiger partial charge is 0.416 e. The molecule has 0 aliphatic carbocycles. The van der Waals surface area contributed by atoms with Crippen molar-refractivity contribution in [2.24, 2.45) is 0 Å². The molecule has 41 heavy (non-hydrogen) atoms. The molecule has 5 rings (SSSR count). The molecule has 0 saturated carbocycles. The zero-order chi connectivity index (χ0) is 29.0. The number of hydrogen-bond donors (Lipinski definition) is 0. The van der Waals surface area contributed by atoms with Crippen molar-refractivity contribution in [3.63, 3.8) is 0 Å². The van der Waals surface area contributed by atoms with Crippen molar-refractivity contribution in [1.29, 1.82) is 0 Å². The first-order valence-corrected chi connectivity index (χ1v) is 12.9. The van der Waals surface area contributed by atoms with Gasteiger partial charge in [0.2, 0.25) is 0 Å². The Hall–Kier alpha value is -3.96. The highest BCUT2D eigenvalue weighted by molar-refractivity contribution is 5.36. The molecule has 0 unspecified atom stereocenters. The van der Waals surface area contributed by atoms with Gasteiger partial charge in [0.25, 0.3) is 0 Å². The third-order valence-corrected chi connectivity index (χ3v) is 6.96. The van der Waals surface area contributed by atoms with E-state index in [0.29, 0.717) is 49.6 Å². The van der Waals surface area contributed by atoms with Crippen LogP contribution in [0, 0.1) is 0 Å². The Morgan fingerprint density at radius 1 is 0.659 bits per heavy atom. The van der Waals surface area contributed by atoms with E-state index in [4.69, 9.17) is 4.74 Å². The summed E-state index contributed by atoms with van der Waals surface area (Å²) in [6.07, 6.45) is -5.77. The highest BCUT2D eigenvalue weighted by Gasteiger charge is 2.33. The fraction of sp³-hybridized carbons (Fsp3) is 0.267. The van der Waals surface area contributed by atoms with Crippen molar-refractivity contribution in [2.75, 3.05) is 26.2 Å². The zero-order valence-corrected chi connectivity index (χ0v) is 21.7. The largest absolute Gasteiger partial charge is 0.424 e. The minimum absolute atomic E-state index is 0.256. The Bertz CT molecular complexity index is 1340. The number of ether oxygens (including phenoxy) is 1. The maximum Gasteiger partial charge on any atom is 0.416 e. The molecule has 3 aromatic carbocycles. The summed E-state index contributed by atoms with van der Waals surface area (Å²) in [5.74, 6) is 0.612. The van der Waals surface area contributed by atoms with E-state index in [0.717, 1.165) is 29.8 Å². The van der Waals surface area contributed by atoms with Crippen LogP contribution >= 0.6 is 0 Å². The summed E-state index contributed by atoms with van der Waals surface area (Å²) in [4.78, 5) is 12.4. The fourth-order valence-corrected chi connectivity index (χ4v) is 4.87. The van der Waals surface area contributed by atoms with E-state index in [2.05, 4.69) is 19.8 Å². The summed E-state index contributed by atoms with van der Waals surface area (Å²) in [6.45, 7) is 3.20. The van der Waals surface area contributed by atoms with E-state index >= 15 is 0 Å². The number of benzene rings is 3. The van der Waals surface area contributed by atoms with Gasteiger partial charge in [-0.1, -0.05) is 36.4 Å². The molecule has 2 heterocycles. The van der Waals surface area contributed by atoms with Crippen molar-refractivity contribution in [3.05, 3.63) is 119 Å². The van der Waals surface area contributed by atoms with Crippen LogP contribution in [0.2, 0.25) is 0 Å². The van der Waals surface area contributed by atoms with Gasteiger partial charge in [-0.2, -0.15) is 26.3 Å². The van der Waals surface area contributed by atoms with Crippen LogP contribution in [-0.2, 0) is 18.9 Å². The second kappa shape index (κ2) is 11.9. The Labute approximate surface area is 233 Å². The Morgan fingerprint density at radius 2 is 1.15 bits per heavy atom. The first kappa shape index (κ1) is 28.6. The van der Waals surface area contributed by atoms with Crippen molar-refractivity contribution < 1.29 is 31.1 Å². The molecule has 0 atom stereocenters. The predicted octanol–water partition coefficient (Wildman–Crippen LogP) is 7.21. The van der Waals surface area contributed by atoms with Crippen LogP contribution in [0.1, 0.15) is 33.9 Å². The zero-order valence-electron chi connectivity index (χ0n) is 21.7. The number of hydrogen-bond acceptors (Lipinski definition) is 5. The molecule has 1 aromatic heterocycles. The topological polar surface area (TPSA) is 41.5 Å². The molecular weight excluding hydrogens is 546 g/mol. The number of rotatable bonds is 7. The van der Waals surface area contributed by atoms with Crippen LogP contribution < -0.4 is 4.74 Å². The van der Waals surface area contributed by atoms with Gasteiger partial charge in [-0.3, -0.25) is 9.80 Å². The third kappa shape index (κ3) is 7.22. The summed E-state index contributed by atoms with van der Waals surface area (Å²) in [5.41, 5.74) is 0.699. The second-order valence-corrected chi connectivity index (χ2v) is 9.73. The molecule has 4 aromatic rings. The van der Waals surface area contributed by atoms with Gasteiger partial charge in [-0.05, 0) is 59.2 Å². The lowest BCUT2D eigenvalue weighted by atomic mass is 9.94. The summed E-state index contributed by atoms with van der Waals surface area (Å²) in [5, 5.41) is 0. The molecule has 11 heteroatoms. The summed E-state index contributed by atoms with van der Waals surface area (Å²) < 4.78 is 84.6. The van der Waals surface area contributed by atoms with Gasteiger partial charge >= 0.3 is 18.4 Å². The van der Waals surface area contributed by atoms with Crippen LogP contribution in [0.5, 0.6) is 11.8 Å². The van der Waals surface area contributed by atoms with Crippen LogP contribution in [0.4, 0.5) is 26.3 Å². The molecular formula is C30H26F6N4O. The molecule has 1 aliphatic heterocycles. The van der Waals surface area contributed by atoms with E-state index in [1.165, 1.54) is 24.3 Å². The van der Waals surface area contributed by atoms with E-state index in [9.17, 15) is 26.3 Å². The molecule has 0 amide bonds. The molecule has 0 spiro atoms. The van der Waals surface area contributed by atoms with Gasteiger partial charge < -0.3 is 4.74 Å². The minimum atomic E-state index is -4.48. The van der Waals surface area contributed by atoms with Gasteiger partial charge in [0.15, 0.2) is 0 Å². The highest BCUT2D eigenvalue weighted by atomic mass is 19.4. The Balaban J connectivity index is 1.28. The lowest BCUT2D eigenvalue weighted by molar-refractivity contribution is -0.138. The van der Waals surface area contributed by atoms with E-state index < -0.39 is 29.5 Å². The normalized spacial score (nSPS) is 15.3. The Morgan fingerprint density at radius 3 is 1.61 bits per heavy atom. The summed E-state index contributed by atoms with van der Waals surface area (Å²) in [7, 11) is 0. The van der Waals surface area contributed by atoms with Crippen molar-refractivity contribution in [1.82, 2.24) is 19.8 Å². The van der Waals surface area contributed by atoms with Crippen LogP contribution in [0.25, 0.3) is 0 Å². The van der Waals surface area contributed by atoms with Crippen LogP contribution in [0.15, 0.2) is 91.3 Å². The summed E-state index contributed by atoms with van der Waals surface area (Å²) in [6, 6.07) is 18.7. The van der Waals surface area contributed by atoms with Gasteiger partial charge in [0, 0.05) is 45.1 Å². The third-order valence-electron chi connectivity index (χ3n) is 6.96. The van der Waals surface area contributed by atoms with Crippen LogP contribution in [-0.4, -0.2) is 45.9 Å². The van der Waals surface area contributed by atoms with Crippen molar-refractivity contribution >= 4 is 0 Å². The number of aromatic nitrogens is 2. The molecule has 0 N–H and O–H groups in total. The van der Waals surface area contributed by atoms with E-state index in [1.807, 2.05) is 24.3 Å². The molecule has 214 valence electrons. The second-order valence-electron chi connectivity index (χ2n) is 9.73. The standard InChI is InChI=1S/C30H26F6N4O/c31-29(32,33)24-8-4-22(5-9-24)27(23-6-10-25(11-7-23)30(34,35)36)40-18-16-39(17-19-40)20-21-2-12-26(13-3-21)41-28-37-14-1-15-38-28/h1-15,27H,16-20H2. The lowest BCUT2D eigenvalue weighted by Crippen LogP contribution is -2.47. The average molecular weight is 573 g/mol. The predicted molar refractivity (Wildman–Crippen MR) is 140 cm³/mol. The maximum absolute atomic E-state index is 13.2. The fourth-order valence-electron chi connectivity index (χ4n) is 4.87. The molecule has 1 saturated heterocycles. The maximum atomic E-state index is 13.2. The SMILES string of the molecule is FC(F)(F)c1ccc(C(c2ccc(C(F)(F)F)cc2)N2CCN(Cc3ccc(Oc4ncccn4)cc3)CC2)cc1. The van der Waals surface area contributed by atoms with Crippen molar-refractivity contribution in [3.8, 4) is 11.8 Å². The number of piperazine rings is 1. The number of nitrogens with zero attached hydrogens (tertiary/aromatic N) is 4. The Kier molecular flexibility index (Phi) is 8.27. The van der Waals surface area contributed by atoms with Gasteiger partial charge in [0.1, 0.15) is 5.75 Å². The van der Waals surface area contributed by atoms with E-state index in [-0.39, 0.29) is 6.01 Å². The lowest BCUT2D eigenvalue weighted by Gasteiger charge is -2.40. The number of halogens is 6. The van der Waals surface area contributed by atoms with Gasteiger partial charge in [-0.25, -0.2) is 9.97 Å². The average Bonchev–Trinajstić information content (AvgIpc) is 2.95. The minimum Gasteiger partial charge on any atom is -0.424 e. The quantitative estimate of drug-likeness (QED) is 0.219. The molecule has 0 bridgehead atoms. The molecule has 1 fully saturated rings. The van der Waals surface area contributed by atoms with Crippen LogP contribution in [0.3, 0.4) is 0 Å². The van der Waals surface area contributed by atoms with Crippen molar-refractivity contribution in [2.45, 2.75) is 24.9 Å². The molecule has 1 aliphatic rings. The molecule has 0 radical (unpaired) electrons. The van der Waals surface area contributed by atoms with Gasteiger partial charge in [0.05, 0.1) is 17.2 Å².